The summed E-state index contributed by atoms with van der Waals surface area (Å²) >= 11 is 0. The topological polar surface area (TPSA) is 58.6 Å². The molecule has 1 saturated carbocycles. The zero-order valence-corrected chi connectivity index (χ0v) is 18.3. The van der Waals surface area contributed by atoms with Gasteiger partial charge in [0.05, 0.1) is 6.04 Å². The van der Waals surface area contributed by atoms with Gasteiger partial charge in [-0.2, -0.15) is 0 Å². The molecule has 1 heterocycles. The van der Waals surface area contributed by atoms with Crippen molar-refractivity contribution in [2.45, 2.75) is 45.3 Å². The smallest absolute Gasteiger partial charge is 0.261 e. The summed E-state index contributed by atoms with van der Waals surface area (Å²) < 4.78 is 5.95. The first kappa shape index (κ1) is 21.2. The summed E-state index contributed by atoms with van der Waals surface area (Å²) in [6, 6.07) is 14.2. The van der Waals surface area contributed by atoms with Gasteiger partial charge in [-0.15, -0.1) is 6.58 Å². The van der Waals surface area contributed by atoms with E-state index >= 15 is 0 Å². The van der Waals surface area contributed by atoms with Gasteiger partial charge >= 0.3 is 0 Å². The molecule has 0 unspecified atom stereocenters. The molecule has 0 bridgehead atoms. The van der Waals surface area contributed by atoms with Crippen molar-refractivity contribution in [1.29, 1.82) is 0 Å². The fraction of sp³-hybridized carbons (Fsp3) is 0.385. The summed E-state index contributed by atoms with van der Waals surface area (Å²) in [6.07, 6.45) is 3.82. The van der Waals surface area contributed by atoms with Crippen LogP contribution in [0, 0.1) is 12.8 Å². The van der Waals surface area contributed by atoms with Crippen LogP contribution in [0.3, 0.4) is 0 Å². The second kappa shape index (κ2) is 8.96. The first-order valence-corrected chi connectivity index (χ1v) is 11.0. The number of hydrogen-bond acceptors (Lipinski definition) is 3. The van der Waals surface area contributed by atoms with E-state index in [1.807, 2.05) is 23.1 Å². The maximum Gasteiger partial charge on any atom is 0.261 e. The van der Waals surface area contributed by atoms with Gasteiger partial charge in [-0.3, -0.25) is 9.59 Å². The minimum atomic E-state index is -0.622. The summed E-state index contributed by atoms with van der Waals surface area (Å²) in [6.45, 7) is 8.56. The summed E-state index contributed by atoms with van der Waals surface area (Å²) in [5.74, 6) is 0.874. The van der Waals surface area contributed by atoms with Crippen LogP contribution in [0.2, 0.25) is 0 Å². The molecular weight excluding hydrogens is 388 g/mol. The number of fused-ring (bicyclic) bond motifs is 1. The lowest BCUT2D eigenvalue weighted by molar-refractivity contribution is -0.134. The Balaban J connectivity index is 1.66. The molecule has 0 spiro atoms. The van der Waals surface area contributed by atoms with Crippen LogP contribution in [-0.2, 0) is 16.0 Å². The van der Waals surface area contributed by atoms with Gasteiger partial charge in [0.2, 0.25) is 5.91 Å². The fourth-order valence-corrected chi connectivity index (χ4v) is 4.24. The molecule has 0 saturated heterocycles. The standard InChI is InChI=1S/C26H30N2O3/c1-4-13-27-25(29)18(3)31-22-11-10-19-12-14-28(26(30)20-8-9-20)24(23(19)16-22)21-7-5-6-17(2)15-21/h4-7,10-11,15-16,18,20,24H,1,8-9,12-14H2,2-3H3,(H,27,29)/t18-,24+/m0/s1. The van der Waals surface area contributed by atoms with Gasteiger partial charge in [-0.25, -0.2) is 0 Å². The van der Waals surface area contributed by atoms with Crippen LogP contribution in [0.25, 0.3) is 0 Å². The molecule has 2 atom stereocenters. The van der Waals surface area contributed by atoms with Crippen molar-refractivity contribution in [2.75, 3.05) is 13.1 Å². The summed E-state index contributed by atoms with van der Waals surface area (Å²) in [5, 5.41) is 2.76. The molecule has 1 aliphatic carbocycles. The van der Waals surface area contributed by atoms with Crippen molar-refractivity contribution < 1.29 is 14.3 Å². The SMILES string of the molecule is C=CCNC(=O)[C@H](C)Oc1ccc2c(c1)[C@@H](c1cccc(C)c1)N(C(=O)C1CC1)CC2. The highest BCUT2D eigenvalue weighted by Crippen LogP contribution is 2.41. The molecular formula is C26H30N2O3. The average molecular weight is 419 g/mol. The van der Waals surface area contributed by atoms with E-state index in [1.165, 1.54) is 11.1 Å². The van der Waals surface area contributed by atoms with E-state index in [0.29, 0.717) is 12.3 Å². The molecule has 1 N–H and O–H groups in total. The normalized spacial score (nSPS) is 18.6. The lowest BCUT2D eigenvalue weighted by atomic mass is 9.87. The minimum Gasteiger partial charge on any atom is -0.481 e. The highest BCUT2D eigenvalue weighted by atomic mass is 16.5. The van der Waals surface area contributed by atoms with Crippen molar-refractivity contribution >= 4 is 11.8 Å². The van der Waals surface area contributed by atoms with Crippen LogP contribution in [0.4, 0.5) is 0 Å². The average Bonchev–Trinajstić information content (AvgIpc) is 3.61. The number of rotatable bonds is 7. The number of hydrogen-bond donors (Lipinski definition) is 1. The molecule has 2 aromatic rings. The van der Waals surface area contributed by atoms with Gasteiger partial charge in [0, 0.05) is 19.0 Å². The van der Waals surface area contributed by atoms with Crippen LogP contribution in [0.1, 0.15) is 48.1 Å². The number of nitrogens with zero attached hydrogens (tertiary/aromatic N) is 1. The number of aryl methyl sites for hydroxylation is 1. The van der Waals surface area contributed by atoms with Crippen LogP contribution in [-0.4, -0.2) is 35.9 Å². The third kappa shape index (κ3) is 4.66. The first-order valence-electron chi connectivity index (χ1n) is 11.0. The Bertz CT molecular complexity index is 996. The molecule has 1 aliphatic heterocycles. The second-order valence-corrected chi connectivity index (χ2v) is 8.53. The molecule has 5 heteroatoms. The number of amides is 2. The first-order chi connectivity index (χ1) is 15.0. The van der Waals surface area contributed by atoms with Gasteiger partial charge in [-0.1, -0.05) is 42.0 Å². The van der Waals surface area contributed by atoms with Gasteiger partial charge in [0.15, 0.2) is 6.10 Å². The van der Waals surface area contributed by atoms with E-state index in [1.54, 1.807) is 13.0 Å². The fourth-order valence-electron chi connectivity index (χ4n) is 4.24. The van der Waals surface area contributed by atoms with Crippen molar-refractivity contribution in [1.82, 2.24) is 10.2 Å². The predicted octanol–water partition coefficient (Wildman–Crippen LogP) is 3.95. The highest BCUT2D eigenvalue weighted by Gasteiger charge is 2.39. The molecule has 5 nitrogen and oxygen atoms in total. The van der Waals surface area contributed by atoms with Crippen molar-refractivity contribution in [3.63, 3.8) is 0 Å². The molecule has 0 radical (unpaired) electrons. The van der Waals surface area contributed by atoms with E-state index in [4.69, 9.17) is 4.74 Å². The molecule has 31 heavy (non-hydrogen) atoms. The zero-order chi connectivity index (χ0) is 22.0. The molecule has 2 amide bonds. The van der Waals surface area contributed by atoms with Crippen LogP contribution >= 0.6 is 0 Å². The van der Waals surface area contributed by atoms with Gasteiger partial charge in [-0.05, 0) is 61.9 Å². The Kier molecular flexibility index (Phi) is 6.12. The van der Waals surface area contributed by atoms with E-state index in [-0.39, 0.29) is 23.8 Å². The van der Waals surface area contributed by atoms with Crippen molar-refractivity contribution in [3.05, 3.63) is 77.4 Å². The Morgan fingerprint density at radius 3 is 2.77 bits per heavy atom. The molecule has 2 aliphatic rings. The highest BCUT2D eigenvalue weighted by molar-refractivity contribution is 5.82. The zero-order valence-electron chi connectivity index (χ0n) is 18.3. The maximum atomic E-state index is 13.1. The lowest BCUT2D eigenvalue weighted by Gasteiger charge is -2.38. The third-order valence-electron chi connectivity index (χ3n) is 6.02. The second-order valence-electron chi connectivity index (χ2n) is 8.53. The van der Waals surface area contributed by atoms with E-state index in [9.17, 15) is 9.59 Å². The molecule has 162 valence electrons. The molecule has 4 rings (SSSR count). The van der Waals surface area contributed by atoms with E-state index in [2.05, 4.69) is 43.1 Å². The number of ether oxygens (including phenoxy) is 1. The van der Waals surface area contributed by atoms with Gasteiger partial charge in [0.1, 0.15) is 5.75 Å². The maximum absolute atomic E-state index is 13.1. The largest absolute Gasteiger partial charge is 0.481 e. The molecule has 1 fully saturated rings. The van der Waals surface area contributed by atoms with Crippen LogP contribution < -0.4 is 10.1 Å². The summed E-state index contributed by atoms with van der Waals surface area (Å²) in [5.41, 5.74) is 4.59. The molecule has 0 aromatic heterocycles. The monoisotopic (exact) mass is 418 g/mol. The van der Waals surface area contributed by atoms with Gasteiger partial charge < -0.3 is 15.0 Å². The third-order valence-corrected chi connectivity index (χ3v) is 6.02. The summed E-state index contributed by atoms with van der Waals surface area (Å²) in [7, 11) is 0. The quantitative estimate of drug-likeness (QED) is 0.693. The molecule has 2 aromatic carbocycles. The summed E-state index contributed by atoms with van der Waals surface area (Å²) in [4.78, 5) is 27.4. The Morgan fingerprint density at radius 2 is 2.06 bits per heavy atom. The predicted molar refractivity (Wildman–Crippen MR) is 121 cm³/mol. The van der Waals surface area contributed by atoms with Gasteiger partial charge in [0.25, 0.3) is 5.91 Å². The van der Waals surface area contributed by atoms with Crippen LogP contribution in [0.15, 0.2) is 55.1 Å². The van der Waals surface area contributed by atoms with Crippen LogP contribution in [0.5, 0.6) is 5.75 Å². The number of carbonyl (C=O) groups is 2. The Hall–Kier alpha value is -3.08. The number of benzene rings is 2. The van der Waals surface area contributed by atoms with Crippen molar-refractivity contribution in [3.8, 4) is 5.75 Å². The number of nitrogens with one attached hydrogen (secondary N) is 1. The number of carbonyl (C=O) groups excluding carboxylic acids is 2. The van der Waals surface area contributed by atoms with E-state index in [0.717, 1.165) is 36.9 Å². The Morgan fingerprint density at radius 1 is 1.26 bits per heavy atom. The van der Waals surface area contributed by atoms with Crippen molar-refractivity contribution in [2.24, 2.45) is 5.92 Å². The minimum absolute atomic E-state index is 0.134. The van der Waals surface area contributed by atoms with E-state index < -0.39 is 6.10 Å². The Labute approximate surface area is 184 Å². The lowest BCUT2D eigenvalue weighted by Crippen LogP contribution is -2.41.